The molecule has 3 rings (SSSR count). The average Bonchev–Trinajstić information content (AvgIpc) is 2.66. The maximum Gasteiger partial charge on any atom is 0.126 e. The molecule has 1 aromatic rings. The maximum absolute atomic E-state index is 13.9. The van der Waals surface area contributed by atoms with Gasteiger partial charge < -0.3 is 10.6 Å². The molecule has 2 saturated heterocycles. The van der Waals surface area contributed by atoms with E-state index in [1.807, 2.05) is 19.9 Å². The smallest absolute Gasteiger partial charge is 0.126 e. The van der Waals surface area contributed by atoms with Crippen LogP contribution in [0, 0.1) is 12.7 Å². The highest BCUT2D eigenvalue weighted by Gasteiger charge is 2.35. The minimum atomic E-state index is -0.153. The number of nitrogens with two attached hydrogens (primary N) is 1. The molecule has 2 unspecified atom stereocenters. The third-order valence-corrected chi connectivity index (χ3v) is 5.29. The Hall–Kier alpha value is -1.13. The second-order valence-corrected chi connectivity index (χ2v) is 6.73. The summed E-state index contributed by atoms with van der Waals surface area (Å²) in [5, 5.41) is 0. The molecule has 2 heterocycles. The van der Waals surface area contributed by atoms with Crippen LogP contribution in [-0.2, 0) is 0 Å². The molecule has 0 aliphatic carbocycles. The number of hydrogen-bond donors (Lipinski definition) is 1. The van der Waals surface area contributed by atoms with Crippen LogP contribution in [0.1, 0.15) is 43.4 Å². The third-order valence-electron chi connectivity index (χ3n) is 5.29. The molecular formula is C17H26FN3. The van der Waals surface area contributed by atoms with Gasteiger partial charge >= 0.3 is 0 Å². The quantitative estimate of drug-likeness (QED) is 0.909. The Morgan fingerprint density at radius 1 is 1.24 bits per heavy atom. The Labute approximate surface area is 126 Å². The molecule has 2 N–H and O–H groups in total. The van der Waals surface area contributed by atoms with Gasteiger partial charge in [0, 0.05) is 36.9 Å². The lowest BCUT2D eigenvalue weighted by atomic mass is 10.0. The first-order valence-corrected chi connectivity index (χ1v) is 8.00. The summed E-state index contributed by atoms with van der Waals surface area (Å²) in [6.07, 6.45) is 3.77. The Morgan fingerprint density at radius 3 is 2.67 bits per heavy atom. The largest absolute Gasteiger partial charge is 0.370 e. The zero-order valence-corrected chi connectivity index (χ0v) is 13.3. The fourth-order valence-corrected chi connectivity index (χ4v) is 3.85. The van der Waals surface area contributed by atoms with E-state index in [-0.39, 0.29) is 11.9 Å². The molecule has 4 heteroatoms. The summed E-state index contributed by atoms with van der Waals surface area (Å²) in [5.74, 6) is -0.153. The zero-order valence-electron chi connectivity index (χ0n) is 13.3. The highest BCUT2D eigenvalue weighted by atomic mass is 19.1. The van der Waals surface area contributed by atoms with E-state index >= 15 is 0 Å². The lowest BCUT2D eigenvalue weighted by Crippen LogP contribution is -2.37. The van der Waals surface area contributed by atoms with E-state index in [1.54, 1.807) is 6.07 Å². The Kier molecular flexibility index (Phi) is 3.93. The van der Waals surface area contributed by atoms with E-state index in [9.17, 15) is 4.39 Å². The van der Waals surface area contributed by atoms with Crippen molar-refractivity contribution in [1.82, 2.24) is 4.90 Å². The first-order chi connectivity index (χ1) is 9.97. The van der Waals surface area contributed by atoms with Gasteiger partial charge in [0.25, 0.3) is 0 Å². The minimum absolute atomic E-state index is 0.145. The van der Waals surface area contributed by atoms with Gasteiger partial charge in [0.05, 0.1) is 0 Å². The second kappa shape index (κ2) is 5.58. The highest BCUT2D eigenvalue weighted by Crippen LogP contribution is 2.34. The van der Waals surface area contributed by atoms with Crippen molar-refractivity contribution >= 4 is 5.69 Å². The molecule has 2 aliphatic heterocycles. The van der Waals surface area contributed by atoms with E-state index < -0.39 is 0 Å². The van der Waals surface area contributed by atoms with E-state index in [0.717, 1.165) is 24.3 Å². The first-order valence-electron chi connectivity index (χ1n) is 8.00. The fourth-order valence-electron chi connectivity index (χ4n) is 3.85. The summed E-state index contributed by atoms with van der Waals surface area (Å²) in [6, 6.07) is 4.78. The lowest BCUT2D eigenvalue weighted by Gasteiger charge is -2.30. The predicted octanol–water partition coefficient (Wildman–Crippen LogP) is 2.83. The van der Waals surface area contributed by atoms with Gasteiger partial charge in [-0.3, -0.25) is 4.90 Å². The van der Waals surface area contributed by atoms with Crippen LogP contribution < -0.4 is 10.6 Å². The van der Waals surface area contributed by atoms with Crippen LogP contribution in [-0.4, -0.2) is 37.1 Å². The van der Waals surface area contributed by atoms with Gasteiger partial charge in [0.15, 0.2) is 0 Å². The number of aryl methyl sites for hydroxylation is 1. The number of rotatable bonds is 2. The lowest BCUT2D eigenvalue weighted by molar-refractivity contribution is 0.254. The number of likely N-dealkylation sites (N-methyl/N-ethyl adjacent to an activating group) is 1. The molecular weight excluding hydrogens is 265 g/mol. The average molecular weight is 291 g/mol. The van der Waals surface area contributed by atoms with E-state index in [0.29, 0.717) is 17.6 Å². The summed E-state index contributed by atoms with van der Waals surface area (Å²) in [7, 11) is 2.24. The standard InChI is InChI=1S/C17H26FN3/c1-11-8-17(15(12(2)19)9-16(11)18)21-7-6-13-4-5-14(10-21)20(13)3/h8-9,12-14H,4-7,10,19H2,1-3H3/t12-,13?,14?/m0/s1. The van der Waals surface area contributed by atoms with Crippen LogP contribution in [0.4, 0.5) is 10.1 Å². The first kappa shape index (κ1) is 14.8. The van der Waals surface area contributed by atoms with Gasteiger partial charge in [-0.05, 0) is 63.4 Å². The Bertz CT molecular complexity index is 529. The van der Waals surface area contributed by atoms with Gasteiger partial charge in [-0.1, -0.05) is 0 Å². The molecule has 0 aromatic heterocycles. The number of hydrogen-bond acceptors (Lipinski definition) is 3. The normalized spacial score (nSPS) is 27.8. The maximum atomic E-state index is 13.9. The van der Waals surface area contributed by atoms with Gasteiger partial charge in [0.2, 0.25) is 0 Å². The molecule has 0 spiro atoms. The molecule has 2 bridgehead atoms. The van der Waals surface area contributed by atoms with Crippen LogP contribution in [0.15, 0.2) is 12.1 Å². The van der Waals surface area contributed by atoms with Crippen molar-refractivity contribution < 1.29 is 4.39 Å². The number of benzene rings is 1. The summed E-state index contributed by atoms with van der Waals surface area (Å²) in [5.41, 5.74) is 8.84. The molecule has 21 heavy (non-hydrogen) atoms. The minimum Gasteiger partial charge on any atom is -0.370 e. The van der Waals surface area contributed by atoms with Crippen molar-refractivity contribution in [2.24, 2.45) is 5.73 Å². The van der Waals surface area contributed by atoms with Gasteiger partial charge in [-0.2, -0.15) is 0 Å². The number of anilines is 1. The van der Waals surface area contributed by atoms with Crippen molar-refractivity contribution in [3.8, 4) is 0 Å². The van der Waals surface area contributed by atoms with Crippen LogP contribution >= 0.6 is 0 Å². The number of nitrogens with zero attached hydrogens (tertiary/aromatic N) is 2. The van der Waals surface area contributed by atoms with Crippen molar-refractivity contribution in [2.45, 2.75) is 51.2 Å². The third kappa shape index (κ3) is 2.67. The molecule has 0 saturated carbocycles. The van der Waals surface area contributed by atoms with Gasteiger partial charge in [-0.15, -0.1) is 0 Å². The topological polar surface area (TPSA) is 32.5 Å². The molecule has 2 aliphatic rings. The molecule has 3 atom stereocenters. The van der Waals surface area contributed by atoms with Gasteiger partial charge in [-0.25, -0.2) is 4.39 Å². The highest BCUT2D eigenvalue weighted by molar-refractivity contribution is 5.57. The van der Waals surface area contributed by atoms with Crippen molar-refractivity contribution in [1.29, 1.82) is 0 Å². The van der Waals surface area contributed by atoms with E-state index in [2.05, 4.69) is 16.8 Å². The Balaban J connectivity index is 1.94. The van der Waals surface area contributed by atoms with Crippen LogP contribution in [0.25, 0.3) is 0 Å². The summed E-state index contributed by atoms with van der Waals surface area (Å²) in [6.45, 7) is 5.83. The molecule has 116 valence electrons. The van der Waals surface area contributed by atoms with Crippen LogP contribution in [0.5, 0.6) is 0 Å². The van der Waals surface area contributed by atoms with Crippen LogP contribution in [0.3, 0.4) is 0 Å². The van der Waals surface area contributed by atoms with Crippen LogP contribution in [0.2, 0.25) is 0 Å². The molecule has 0 radical (unpaired) electrons. The van der Waals surface area contributed by atoms with E-state index in [4.69, 9.17) is 5.73 Å². The zero-order chi connectivity index (χ0) is 15.1. The Morgan fingerprint density at radius 2 is 1.95 bits per heavy atom. The molecule has 3 nitrogen and oxygen atoms in total. The van der Waals surface area contributed by atoms with Crippen molar-refractivity contribution in [2.75, 3.05) is 25.0 Å². The molecule has 0 amide bonds. The summed E-state index contributed by atoms with van der Waals surface area (Å²) in [4.78, 5) is 4.95. The van der Waals surface area contributed by atoms with Crippen molar-refractivity contribution in [3.05, 3.63) is 29.1 Å². The number of fused-ring (bicyclic) bond motifs is 2. The fraction of sp³-hybridized carbons (Fsp3) is 0.647. The number of halogens is 1. The molecule has 2 fully saturated rings. The van der Waals surface area contributed by atoms with Gasteiger partial charge in [0.1, 0.15) is 5.82 Å². The summed E-state index contributed by atoms with van der Waals surface area (Å²) < 4.78 is 13.9. The predicted molar refractivity (Wildman–Crippen MR) is 85.1 cm³/mol. The molecule has 1 aromatic carbocycles. The van der Waals surface area contributed by atoms with Crippen molar-refractivity contribution in [3.63, 3.8) is 0 Å². The summed E-state index contributed by atoms with van der Waals surface area (Å²) >= 11 is 0. The van der Waals surface area contributed by atoms with E-state index in [1.165, 1.54) is 19.3 Å². The second-order valence-electron chi connectivity index (χ2n) is 6.73. The monoisotopic (exact) mass is 291 g/mol. The SMILES string of the molecule is Cc1cc(N2CCC3CCC(C2)N3C)c([C@H](C)N)cc1F.